The van der Waals surface area contributed by atoms with Gasteiger partial charge in [0, 0.05) is 65.0 Å². The first-order valence-electron chi connectivity index (χ1n) is 8.72. The van der Waals surface area contributed by atoms with Gasteiger partial charge in [-0.15, -0.1) is 0 Å². The van der Waals surface area contributed by atoms with E-state index < -0.39 is 0 Å². The molecule has 0 saturated heterocycles. The zero-order chi connectivity index (χ0) is 19.0. The summed E-state index contributed by atoms with van der Waals surface area (Å²) in [5, 5.41) is 7.21. The lowest BCUT2D eigenvalue weighted by atomic mass is 10.0. The molecule has 0 fully saturated rings. The molecule has 0 bridgehead atoms. The maximum atomic E-state index is 12.7. The zero-order valence-electron chi connectivity index (χ0n) is 14.8. The molecule has 1 aliphatic rings. The number of rotatable bonds is 2. The Hall–Kier alpha value is -2.99. The molecule has 7 heteroatoms. The molecule has 1 aromatic heterocycles. The predicted octanol–water partition coefficient (Wildman–Crippen LogP) is 3.77. The van der Waals surface area contributed by atoms with Crippen LogP contribution in [0.3, 0.4) is 0 Å². The molecule has 1 aliphatic heterocycles. The molecule has 138 valence electrons. The van der Waals surface area contributed by atoms with E-state index in [1.165, 1.54) is 0 Å². The largest absolute Gasteiger partial charge is 0.358 e. The Bertz CT molecular complexity index is 1030. The standard InChI is InChI=1S/C20H19ClN4O2/c1-22-19(26)12-2-5-14(6-3-12)23-20(27)25-9-8-18-16(11-25)15-10-13(21)4-7-17(15)24-18/h2-7,10,24H,8-9,11H2,1H3,(H,22,26)(H,23,27). The van der Waals surface area contributed by atoms with Crippen LogP contribution in [0.15, 0.2) is 42.5 Å². The van der Waals surface area contributed by atoms with Crippen LogP contribution >= 0.6 is 11.6 Å². The van der Waals surface area contributed by atoms with Gasteiger partial charge in [-0.25, -0.2) is 4.79 Å². The van der Waals surface area contributed by atoms with Crippen LogP contribution in [0, 0.1) is 0 Å². The van der Waals surface area contributed by atoms with E-state index in [0.717, 1.165) is 28.6 Å². The van der Waals surface area contributed by atoms with Gasteiger partial charge in [-0.3, -0.25) is 4.79 Å². The average Bonchev–Trinajstić information content (AvgIpc) is 3.05. The number of fused-ring (bicyclic) bond motifs is 3. The fraction of sp³-hybridized carbons (Fsp3) is 0.200. The summed E-state index contributed by atoms with van der Waals surface area (Å²) in [5.41, 5.74) is 4.51. The summed E-state index contributed by atoms with van der Waals surface area (Å²) >= 11 is 6.13. The summed E-state index contributed by atoms with van der Waals surface area (Å²) in [7, 11) is 1.58. The number of aromatic amines is 1. The van der Waals surface area contributed by atoms with E-state index in [1.807, 2.05) is 18.2 Å². The van der Waals surface area contributed by atoms with Gasteiger partial charge in [0.05, 0.1) is 0 Å². The molecule has 2 aromatic carbocycles. The lowest BCUT2D eigenvalue weighted by Crippen LogP contribution is -2.38. The zero-order valence-corrected chi connectivity index (χ0v) is 15.6. The van der Waals surface area contributed by atoms with Crippen molar-refractivity contribution in [2.75, 3.05) is 18.9 Å². The van der Waals surface area contributed by atoms with Crippen molar-refractivity contribution in [3.63, 3.8) is 0 Å². The molecule has 0 saturated carbocycles. The molecular weight excluding hydrogens is 364 g/mol. The second-order valence-electron chi connectivity index (χ2n) is 6.53. The molecule has 0 aliphatic carbocycles. The van der Waals surface area contributed by atoms with Crippen LogP contribution in [0.1, 0.15) is 21.6 Å². The van der Waals surface area contributed by atoms with E-state index in [9.17, 15) is 9.59 Å². The number of nitrogens with one attached hydrogen (secondary N) is 3. The van der Waals surface area contributed by atoms with E-state index in [2.05, 4.69) is 15.6 Å². The van der Waals surface area contributed by atoms with Crippen molar-refractivity contribution in [1.29, 1.82) is 0 Å². The van der Waals surface area contributed by atoms with E-state index in [4.69, 9.17) is 11.6 Å². The van der Waals surface area contributed by atoms with Gasteiger partial charge in [0.2, 0.25) is 0 Å². The maximum absolute atomic E-state index is 12.7. The number of hydrogen-bond acceptors (Lipinski definition) is 2. The van der Waals surface area contributed by atoms with Gasteiger partial charge < -0.3 is 20.5 Å². The van der Waals surface area contributed by atoms with Crippen molar-refractivity contribution in [3.05, 3.63) is 64.3 Å². The van der Waals surface area contributed by atoms with E-state index in [1.54, 1.807) is 36.2 Å². The van der Waals surface area contributed by atoms with Crippen LogP contribution in [-0.4, -0.2) is 35.4 Å². The number of hydrogen-bond donors (Lipinski definition) is 3. The van der Waals surface area contributed by atoms with Gasteiger partial charge in [0.25, 0.3) is 5.91 Å². The number of benzene rings is 2. The lowest BCUT2D eigenvalue weighted by molar-refractivity contribution is 0.0963. The number of carbonyl (C=O) groups is 2. The molecule has 3 amide bonds. The number of aromatic nitrogens is 1. The highest BCUT2D eigenvalue weighted by Crippen LogP contribution is 2.30. The Balaban J connectivity index is 1.50. The van der Waals surface area contributed by atoms with Gasteiger partial charge >= 0.3 is 6.03 Å². The van der Waals surface area contributed by atoms with Crippen molar-refractivity contribution >= 4 is 40.1 Å². The van der Waals surface area contributed by atoms with Gasteiger partial charge in [0.1, 0.15) is 0 Å². The highest BCUT2D eigenvalue weighted by molar-refractivity contribution is 6.31. The van der Waals surface area contributed by atoms with Crippen molar-refractivity contribution in [2.45, 2.75) is 13.0 Å². The predicted molar refractivity (Wildman–Crippen MR) is 106 cm³/mol. The molecule has 0 unspecified atom stereocenters. The Morgan fingerprint density at radius 1 is 1.15 bits per heavy atom. The Kier molecular flexibility index (Phi) is 4.49. The molecule has 3 N–H and O–H groups in total. The summed E-state index contributed by atoms with van der Waals surface area (Å²) in [6.07, 6.45) is 0.769. The number of halogens is 1. The molecule has 0 radical (unpaired) electrons. The first-order valence-corrected chi connectivity index (χ1v) is 9.10. The van der Waals surface area contributed by atoms with Crippen LogP contribution in [0.5, 0.6) is 0 Å². The third-order valence-corrected chi connectivity index (χ3v) is 5.08. The highest BCUT2D eigenvalue weighted by Gasteiger charge is 2.24. The topological polar surface area (TPSA) is 77.2 Å². The minimum atomic E-state index is -0.162. The van der Waals surface area contributed by atoms with Crippen LogP contribution in [0.25, 0.3) is 10.9 Å². The summed E-state index contributed by atoms with van der Waals surface area (Å²) in [4.78, 5) is 29.5. The maximum Gasteiger partial charge on any atom is 0.322 e. The van der Waals surface area contributed by atoms with Gasteiger partial charge in [-0.1, -0.05) is 11.6 Å². The van der Waals surface area contributed by atoms with Gasteiger partial charge in [-0.05, 0) is 42.5 Å². The molecular formula is C20H19ClN4O2. The van der Waals surface area contributed by atoms with Crippen molar-refractivity contribution in [1.82, 2.24) is 15.2 Å². The smallest absolute Gasteiger partial charge is 0.322 e. The summed E-state index contributed by atoms with van der Waals surface area (Å²) in [6.45, 7) is 1.16. The molecule has 3 aromatic rings. The highest BCUT2D eigenvalue weighted by atomic mass is 35.5. The van der Waals surface area contributed by atoms with Crippen molar-refractivity contribution in [3.8, 4) is 0 Å². The summed E-state index contributed by atoms with van der Waals surface area (Å²) < 4.78 is 0. The van der Waals surface area contributed by atoms with E-state index >= 15 is 0 Å². The second kappa shape index (κ2) is 6.96. The Morgan fingerprint density at radius 2 is 1.93 bits per heavy atom. The normalized spacial score (nSPS) is 13.3. The minimum absolute atomic E-state index is 0.158. The summed E-state index contributed by atoms with van der Waals surface area (Å²) in [5.74, 6) is -0.158. The van der Waals surface area contributed by atoms with Crippen LogP contribution in [0.2, 0.25) is 5.02 Å². The number of nitrogens with zero attached hydrogens (tertiary/aromatic N) is 1. The minimum Gasteiger partial charge on any atom is -0.358 e. The van der Waals surface area contributed by atoms with Crippen molar-refractivity contribution < 1.29 is 9.59 Å². The molecule has 4 rings (SSSR count). The quantitative estimate of drug-likeness (QED) is 0.631. The second-order valence-corrected chi connectivity index (χ2v) is 6.97. The third-order valence-electron chi connectivity index (χ3n) is 4.85. The number of H-pyrrole nitrogens is 1. The molecule has 0 atom stereocenters. The monoisotopic (exact) mass is 382 g/mol. The van der Waals surface area contributed by atoms with Gasteiger partial charge in [0.15, 0.2) is 0 Å². The number of amides is 3. The first-order chi connectivity index (χ1) is 13.0. The average molecular weight is 383 g/mol. The molecule has 6 nitrogen and oxygen atoms in total. The first kappa shape index (κ1) is 17.4. The Morgan fingerprint density at radius 3 is 2.67 bits per heavy atom. The number of urea groups is 1. The third kappa shape index (κ3) is 3.36. The van der Waals surface area contributed by atoms with E-state index in [-0.39, 0.29) is 11.9 Å². The molecule has 27 heavy (non-hydrogen) atoms. The van der Waals surface area contributed by atoms with E-state index in [0.29, 0.717) is 29.4 Å². The van der Waals surface area contributed by atoms with Crippen LogP contribution < -0.4 is 10.6 Å². The van der Waals surface area contributed by atoms with Crippen LogP contribution in [0.4, 0.5) is 10.5 Å². The molecule has 0 spiro atoms. The Labute approximate surface area is 161 Å². The van der Waals surface area contributed by atoms with Gasteiger partial charge in [-0.2, -0.15) is 0 Å². The SMILES string of the molecule is CNC(=O)c1ccc(NC(=O)N2CCc3[nH]c4ccc(Cl)cc4c3C2)cc1. The fourth-order valence-electron chi connectivity index (χ4n) is 3.41. The fourth-order valence-corrected chi connectivity index (χ4v) is 3.58. The number of carbonyl (C=O) groups excluding carboxylic acids is 2. The van der Waals surface area contributed by atoms with Crippen LogP contribution in [-0.2, 0) is 13.0 Å². The summed E-state index contributed by atoms with van der Waals surface area (Å²) in [6, 6.07) is 12.4. The molecule has 2 heterocycles. The lowest BCUT2D eigenvalue weighted by Gasteiger charge is -2.27. The van der Waals surface area contributed by atoms with Crippen molar-refractivity contribution in [2.24, 2.45) is 0 Å². The number of anilines is 1.